The SMILES string of the molecule is CC(=O)NC(CC(=O)NC(C)CC(=O)O)c1ccc(Cl)cc1. The van der Waals surface area contributed by atoms with Crippen molar-refractivity contribution in [2.24, 2.45) is 0 Å². The second kappa shape index (κ2) is 8.38. The van der Waals surface area contributed by atoms with E-state index in [0.29, 0.717) is 5.02 Å². The van der Waals surface area contributed by atoms with Crippen LogP contribution >= 0.6 is 11.6 Å². The fourth-order valence-electron chi connectivity index (χ4n) is 2.02. The monoisotopic (exact) mass is 326 g/mol. The van der Waals surface area contributed by atoms with Crippen LogP contribution in [0.15, 0.2) is 24.3 Å². The molecule has 0 radical (unpaired) electrons. The van der Waals surface area contributed by atoms with E-state index in [1.807, 2.05) is 0 Å². The molecular formula is C15H19ClN2O4. The Morgan fingerprint density at radius 1 is 1.14 bits per heavy atom. The molecule has 22 heavy (non-hydrogen) atoms. The van der Waals surface area contributed by atoms with Gasteiger partial charge in [0.15, 0.2) is 0 Å². The maximum Gasteiger partial charge on any atom is 0.305 e. The van der Waals surface area contributed by atoms with Crippen LogP contribution in [0, 0.1) is 0 Å². The number of halogens is 1. The van der Waals surface area contributed by atoms with Gasteiger partial charge in [0.25, 0.3) is 0 Å². The number of benzene rings is 1. The van der Waals surface area contributed by atoms with Crippen LogP contribution in [-0.2, 0) is 14.4 Å². The van der Waals surface area contributed by atoms with Crippen LogP contribution in [0.1, 0.15) is 38.3 Å². The summed E-state index contributed by atoms with van der Waals surface area (Å²) in [6, 6.07) is 5.85. The summed E-state index contributed by atoms with van der Waals surface area (Å²) in [5, 5.41) is 14.5. The van der Waals surface area contributed by atoms with E-state index < -0.39 is 18.1 Å². The molecule has 120 valence electrons. The highest BCUT2D eigenvalue weighted by atomic mass is 35.5. The zero-order valence-corrected chi connectivity index (χ0v) is 13.2. The quantitative estimate of drug-likeness (QED) is 0.713. The van der Waals surface area contributed by atoms with Gasteiger partial charge >= 0.3 is 5.97 Å². The summed E-state index contributed by atoms with van der Waals surface area (Å²) in [4.78, 5) is 33.9. The average molecular weight is 327 g/mol. The summed E-state index contributed by atoms with van der Waals surface area (Å²) in [6.07, 6.45) is -0.136. The second-order valence-electron chi connectivity index (χ2n) is 5.08. The Labute approximate surface area is 133 Å². The van der Waals surface area contributed by atoms with Crippen molar-refractivity contribution in [2.45, 2.75) is 38.8 Å². The second-order valence-corrected chi connectivity index (χ2v) is 5.51. The largest absolute Gasteiger partial charge is 0.481 e. The number of rotatable bonds is 7. The maximum absolute atomic E-state index is 12.0. The van der Waals surface area contributed by atoms with E-state index in [0.717, 1.165) is 5.56 Å². The predicted octanol–water partition coefficient (Wildman–Crippen LogP) is 1.89. The Hall–Kier alpha value is -2.08. The Morgan fingerprint density at radius 2 is 1.73 bits per heavy atom. The molecule has 2 atom stereocenters. The van der Waals surface area contributed by atoms with E-state index in [2.05, 4.69) is 10.6 Å². The zero-order valence-electron chi connectivity index (χ0n) is 12.4. The van der Waals surface area contributed by atoms with Crippen molar-refractivity contribution in [3.05, 3.63) is 34.9 Å². The van der Waals surface area contributed by atoms with Crippen LogP contribution in [0.25, 0.3) is 0 Å². The van der Waals surface area contributed by atoms with E-state index in [-0.39, 0.29) is 24.7 Å². The topological polar surface area (TPSA) is 95.5 Å². The number of nitrogens with one attached hydrogen (secondary N) is 2. The molecule has 7 heteroatoms. The number of hydrogen-bond donors (Lipinski definition) is 3. The predicted molar refractivity (Wildman–Crippen MR) is 82.5 cm³/mol. The number of hydrogen-bond acceptors (Lipinski definition) is 3. The number of carbonyl (C=O) groups excluding carboxylic acids is 2. The Morgan fingerprint density at radius 3 is 2.23 bits per heavy atom. The standard InChI is InChI=1S/C15H19ClN2O4/c1-9(7-15(21)22)17-14(20)8-13(18-10(2)19)11-3-5-12(16)6-4-11/h3-6,9,13H,7-8H2,1-2H3,(H,17,20)(H,18,19)(H,21,22). The number of carboxylic acids is 1. The van der Waals surface area contributed by atoms with Gasteiger partial charge < -0.3 is 15.7 Å². The van der Waals surface area contributed by atoms with Crippen LogP contribution in [0.4, 0.5) is 0 Å². The van der Waals surface area contributed by atoms with Gasteiger partial charge in [-0.3, -0.25) is 14.4 Å². The molecule has 1 rings (SSSR count). The van der Waals surface area contributed by atoms with Gasteiger partial charge in [0.1, 0.15) is 0 Å². The van der Waals surface area contributed by atoms with Gasteiger partial charge in [-0.1, -0.05) is 23.7 Å². The van der Waals surface area contributed by atoms with Gasteiger partial charge in [0.05, 0.1) is 18.9 Å². The molecule has 0 aliphatic rings. The number of carboxylic acid groups (broad SMARTS) is 1. The number of carbonyl (C=O) groups is 3. The summed E-state index contributed by atoms with van der Waals surface area (Å²) < 4.78 is 0. The third-order valence-corrected chi connectivity index (χ3v) is 3.18. The van der Waals surface area contributed by atoms with E-state index in [9.17, 15) is 14.4 Å². The molecule has 2 unspecified atom stereocenters. The van der Waals surface area contributed by atoms with Gasteiger partial charge in [0, 0.05) is 18.0 Å². The molecule has 2 amide bonds. The summed E-state index contributed by atoms with van der Waals surface area (Å²) in [7, 11) is 0. The third-order valence-electron chi connectivity index (χ3n) is 2.93. The zero-order chi connectivity index (χ0) is 16.7. The highest BCUT2D eigenvalue weighted by molar-refractivity contribution is 6.30. The molecule has 6 nitrogen and oxygen atoms in total. The maximum atomic E-state index is 12.0. The minimum absolute atomic E-state index is 0.0190. The lowest BCUT2D eigenvalue weighted by molar-refractivity contribution is -0.137. The van der Waals surface area contributed by atoms with Crippen molar-refractivity contribution in [3.63, 3.8) is 0 Å². The van der Waals surface area contributed by atoms with Crippen LogP contribution in [0.3, 0.4) is 0 Å². The molecular weight excluding hydrogens is 308 g/mol. The molecule has 0 heterocycles. The van der Waals surface area contributed by atoms with E-state index in [1.54, 1.807) is 31.2 Å². The van der Waals surface area contributed by atoms with Crippen LogP contribution < -0.4 is 10.6 Å². The molecule has 0 spiro atoms. The molecule has 0 fully saturated rings. The first kappa shape index (κ1) is 18.0. The van der Waals surface area contributed by atoms with Gasteiger partial charge in [0.2, 0.25) is 11.8 Å². The van der Waals surface area contributed by atoms with Crippen LogP contribution in [0.5, 0.6) is 0 Å². The van der Waals surface area contributed by atoms with Crippen molar-refractivity contribution >= 4 is 29.4 Å². The van der Waals surface area contributed by atoms with E-state index >= 15 is 0 Å². The lowest BCUT2D eigenvalue weighted by Crippen LogP contribution is -2.37. The Kier molecular flexibility index (Phi) is 6.85. The van der Waals surface area contributed by atoms with Crippen LogP contribution in [0.2, 0.25) is 5.02 Å². The van der Waals surface area contributed by atoms with Gasteiger partial charge in [-0.25, -0.2) is 0 Å². The van der Waals surface area contributed by atoms with Crippen molar-refractivity contribution < 1.29 is 19.5 Å². The average Bonchev–Trinajstić information content (AvgIpc) is 2.36. The molecule has 0 aromatic heterocycles. The van der Waals surface area contributed by atoms with Gasteiger partial charge in [-0.15, -0.1) is 0 Å². The molecule has 0 bridgehead atoms. The summed E-state index contributed by atoms with van der Waals surface area (Å²) in [6.45, 7) is 2.98. The molecule has 0 saturated heterocycles. The molecule has 1 aromatic rings. The minimum atomic E-state index is -0.982. The fourth-order valence-corrected chi connectivity index (χ4v) is 2.15. The first-order valence-electron chi connectivity index (χ1n) is 6.81. The van der Waals surface area contributed by atoms with Gasteiger partial charge in [-0.2, -0.15) is 0 Å². The first-order chi connectivity index (χ1) is 10.3. The minimum Gasteiger partial charge on any atom is -0.481 e. The molecule has 0 aliphatic heterocycles. The summed E-state index contributed by atoms with van der Waals surface area (Å²) in [5.41, 5.74) is 0.751. The van der Waals surface area contributed by atoms with Gasteiger partial charge in [-0.05, 0) is 24.6 Å². The molecule has 0 saturated carbocycles. The highest BCUT2D eigenvalue weighted by Crippen LogP contribution is 2.19. The van der Waals surface area contributed by atoms with Crippen molar-refractivity contribution in [1.29, 1.82) is 0 Å². The molecule has 1 aromatic carbocycles. The van der Waals surface area contributed by atoms with Crippen molar-refractivity contribution in [3.8, 4) is 0 Å². The number of aliphatic carboxylic acids is 1. The van der Waals surface area contributed by atoms with Crippen LogP contribution in [-0.4, -0.2) is 28.9 Å². The normalized spacial score (nSPS) is 13.0. The summed E-state index contributed by atoms with van der Waals surface area (Å²) >= 11 is 5.82. The van der Waals surface area contributed by atoms with E-state index in [1.165, 1.54) is 6.92 Å². The lowest BCUT2D eigenvalue weighted by atomic mass is 10.0. The van der Waals surface area contributed by atoms with E-state index in [4.69, 9.17) is 16.7 Å². The Balaban J connectivity index is 2.72. The molecule has 0 aliphatic carbocycles. The third kappa shape index (κ3) is 6.58. The molecule has 3 N–H and O–H groups in total. The smallest absolute Gasteiger partial charge is 0.305 e. The number of amides is 2. The van der Waals surface area contributed by atoms with Crippen molar-refractivity contribution in [1.82, 2.24) is 10.6 Å². The lowest BCUT2D eigenvalue weighted by Gasteiger charge is -2.19. The Bertz CT molecular complexity index is 545. The fraction of sp³-hybridized carbons (Fsp3) is 0.400. The van der Waals surface area contributed by atoms with Crippen molar-refractivity contribution in [2.75, 3.05) is 0 Å². The first-order valence-corrected chi connectivity index (χ1v) is 7.19. The highest BCUT2D eigenvalue weighted by Gasteiger charge is 2.19. The summed E-state index contributed by atoms with van der Waals surface area (Å²) in [5.74, 6) is -1.57.